The van der Waals surface area contributed by atoms with Gasteiger partial charge in [-0.05, 0) is 90.9 Å². The van der Waals surface area contributed by atoms with Crippen LogP contribution in [0.2, 0.25) is 5.04 Å². The number of ether oxygens (including phenoxy) is 11. The number of hydrogen-bond acceptors (Lipinski definition) is 19. The highest BCUT2D eigenvalue weighted by Gasteiger charge is 2.55. The Hall–Kier alpha value is -5.84. The highest BCUT2D eigenvalue weighted by Crippen LogP contribution is 2.43. The number of benzene rings is 4. The molecule has 4 heterocycles. The molecule has 4 saturated heterocycles. The van der Waals surface area contributed by atoms with E-state index in [0.717, 1.165) is 21.5 Å². The van der Waals surface area contributed by atoms with Crippen molar-refractivity contribution in [3.05, 3.63) is 143 Å². The molecule has 22 heteroatoms. The standard InChI is InChI=1S/C66H93N3O14Si.2CO2/c1-15-51-56(42(4)43(5)62(78-51)81-58-45(7)76-61(74-39-53(70)83-65(9,10)11)44(6)57(58)72-36-47-28-20-16-21-29-47)80-64-55(71)60(73-37-48-30-22-17-23-31-48)59(46(8)77-64)82-63-54(68-69-67)41(3)40(2)52(79-63)38-75-84(66(12,13)14,49-32-24-18-25-33-49)50-34-26-19-27-35-50;2*2-1-3/h16-35,40-46,51-52,54-64,71H,15,36-39H2,1-14H3;;/t40-,41-,42+,43?,44?,45?,46?,51?,52?,54?,55?,56-,57-,58+,59+,60-,61+,62+,63-,64-;;/m0../s1. The van der Waals surface area contributed by atoms with Gasteiger partial charge in [-0.2, -0.15) is 19.2 Å². The number of carbonyl (C=O) groups excluding carboxylic acids is 5. The molecule has 4 fully saturated rings. The molecule has 0 bridgehead atoms. The Bertz CT molecular complexity index is 2850. The maximum absolute atomic E-state index is 12.8. The largest absolute Gasteiger partial charge is 0.458 e. The van der Waals surface area contributed by atoms with Crippen molar-refractivity contribution >= 4 is 37.0 Å². The molecule has 1 N–H and O–H groups in total. The number of nitrogens with zero attached hydrogens (tertiary/aromatic N) is 3. The topological polar surface area (TPSA) is 265 Å². The molecule has 21 nitrogen and oxygen atoms in total. The average molecular weight is 1270 g/mol. The van der Waals surface area contributed by atoms with Crippen molar-refractivity contribution in [2.24, 2.45) is 34.7 Å². The predicted octanol–water partition coefficient (Wildman–Crippen LogP) is 9.65. The van der Waals surface area contributed by atoms with E-state index in [4.69, 9.17) is 75.7 Å². The van der Waals surface area contributed by atoms with Crippen LogP contribution in [0.1, 0.15) is 114 Å². The number of hydrogen-bond donors (Lipinski definition) is 1. The molecule has 4 aromatic rings. The van der Waals surface area contributed by atoms with E-state index in [1.807, 2.05) is 121 Å². The highest BCUT2D eigenvalue weighted by atomic mass is 28.4. The molecule has 4 aliphatic heterocycles. The quantitative estimate of drug-likeness (QED) is 0.0252. The van der Waals surface area contributed by atoms with E-state index in [9.17, 15) is 15.4 Å². The third kappa shape index (κ3) is 18.7. The van der Waals surface area contributed by atoms with Gasteiger partial charge < -0.3 is 61.6 Å². The number of carbonyl (C=O) groups is 1. The summed E-state index contributed by atoms with van der Waals surface area (Å²) >= 11 is 0. The molecule has 8 rings (SSSR count). The lowest BCUT2D eigenvalue weighted by Crippen LogP contribution is -2.67. The molecule has 0 spiro atoms. The van der Waals surface area contributed by atoms with Crippen LogP contribution in [0.15, 0.2) is 126 Å². The predicted molar refractivity (Wildman–Crippen MR) is 331 cm³/mol. The zero-order chi connectivity index (χ0) is 65.9. The molecule has 90 heavy (non-hydrogen) atoms. The maximum atomic E-state index is 12.8. The van der Waals surface area contributed by atoms with Gasteiger partial charge in [0.2, 0.25) is 0 Å². The fraction of sp³-hybridized carbons (Fsp3) is 0.603. The fourth-order valence-corrected chi connectivity index (χ4v) is 17.0. The SMILES string of the molecule is CCC1O[C@H](O[C@@H]2C(C)O[C@@H](OCC(=O)OC(C)(C)C)C(C)[C@@H]2OCc2ccccc2)C(C)[C@@H](C)[C@@H]1O[C@@H]1OC(C)[C@@H](O[C@@H]2OC(CO[Si](c3ccccc3)(c3ccccc3)C(C)(C)C)[C@@H](C)[C@H](C)C2N=[N+]=[N-])[C@@H](OCc2ccccc2)C1O.O=C=O.O=C=O. The first kappa shape index (κ1) is 73.2. The van der Waals surface area contributed by atoms with Gasteiger partial charge in [0.25, 0.3) is 8.32 Å². The van der Waals surface area contributed by atoms with Gasteiger partial charge in [-0.15, -0.1) is 0 Å². The van der Waals surface area contributed by atoms with Crippen molar-refractivity contribution < 1.29 is 85.6 Å². The van der Waals surface area contributed by atoms with Crippen LogP contribution in [0.25, 0.3) is 10.4 Å². The number of aliphatic hydroxyl groups excluding tert-OH is 1. The highest BCUT2D eigenvalue weighted by molar-refractivity contribution is 6.99. The van der Waals surface area contributed by atoms with E-state index in [-0.39, 0.29) is 66.8 Å². The number of esters is 1. The van der Waals surface area contributed by atoms with Crippen LogP contribution >= 0.6 is 0 Å². The molecule has 20 atom stereocenters. The van der Waals surface area contributed by atoms with Crippen LogP contribution in [-0.2, 0) is 93.7 Å². The first-order chi connectivity index (χ1) is 42.9. The first-order valence-corrected chi connectivity index (χ1v) is 33.0. The van der Waals surface area contributed by atoms with Gasteiger partial charge in [0.05, 0.1) is 62.5 Å². The second kappa shape index (κ2) is 34.2. The number of rotatable bonds is 22. The minimum atomic E-state index is -2.98. The molecule has 0 amide bonds. The van der Waals surface area contributed by atoms with Crippen molar-refractivity contribution in [3.8, 4) is 0 Å². The van der Waals surface area contributed by atoms with Crippen LogP contribution < -0.4 is 10.4 Å². The van der Waals surface area contributed by atoms with Crippen molar-refractivity contribution in [1.82, 2.24) is 0 Å². The monoisotopic (exact) mass is 1270 g/mol. The average Bonchev–Trinajstić information content (AvgIpc) is 0.783. The molecule has 0 saturated carbocycles. The Morgan fingerprint density at radius 3 is 1.50 bits per heavy atom. The van der Waals surface area contributed by atoms with E-state index in [2.05, 4.69) is 107 Å². The third-order valence-electron chi connectivity index (χ3n) is 17.5. The minimum Gasteiger partial charge on any atom is -0.458 e. The lowest BCUT2D eigenvalue weighted by atomic mass is 9.82. The van der Waals surface area contributed by atoms with Gasteiger partial charge in [-0.25, -0.2) is 4.79 Å². The summed E-state index contributed by atoms with van der Waals surface area (Å²) in [7, 11) is -2.98. The zero-order valence-electron chi connectivity index (χ0n) is 54.4. The molecule has 0 aromatic heterocycles. The number of azide groups is 1. The van der Waals surface area contributed by atoms with Gasteiger partial charge in [0.1, 0.15) is 36.6 Å². The number of aliphatic hydroxyl groups is 1. The van der Waals surface area contributed by atoms with Gasteiger partial charge >= 0.3 is 18.3 Å². The lowest BCUT2D eigenvalue weighted by Gasteiger charge is -2.51. The Labute approximate surface area is 530 Å². The zero-order valence-corrected chi connectivity index (χ0v) is 55.4. The molecule has 0 aliphatic carbocycles. The van der Waals surface area contributed by atoms with Gasteiger partial charge in [0, 0.05) is 16.7 Å². The van der Waals surface area contributed by atoms with Crippen LogP contribution in [-0.4, -0.2) is 143 Å². The first-order valence-electron chi connectivity index (χ1n) is 31.1. The van der Waals surface area contributed by atoms with E-state index in [1.54, 1.807) is 0 Å². The normalized spacial score (nSPS) is 32.0. The Kier molecular flexibility index (Phi) is 27.8. The lowest BCUT2D eigenvalue weighted by molar-refractivity contribution is -0.372. The smallest absolute Gasteiger partial charge is 0.373 e. The van der Waals surface area contributed by atoms with Gasteiger partial charge in [-0.3, -0.25) is 0 Å². The molecular formula is C68H93N3O18Si. The Balaban J connectivity index is 0.00000206. The van der Waals surface area contributed by atoms with Crippen molar-refractivity contribution in [2.45, 2.75) is 219 Å². The van der Waals surface area contributed by atoms with E-state index >= 15 is 0 Å². The molecule has 492 valence electrons. The van der Waals surface area contributed by atoms with Crippen LogP contribution in [0.5, 0.6) is 0 Å². The van der Waals surface area contributed by atoms with Crippen LogP contribution in [0, 0.1) is 29.6 Å². The summed E-state index contributed by atoms with van der Waals surface area (Å²) in [5, 5.41) is 19.0. The summed E-state index contributed by atoms with van der Waals surface area (Å²) in [6, 6.07) is 39.9. The summed E-state index contributed by atoms with van der Waals surface area (Å²) < 4.78 is 80.6. The fourth-order valence-electron chi connectivity index (χ4n) is 12.5. The molecular weight excluding hydrogens is 1170 g/mol. The molecule has 4 aliphatic rings. The minimum absolute atomic E-state index is 0.104. The van der Waals surface area contributed by atoms with Crippen molar-refractivity contribution in [2.75, 3.05) is 13.2 Å². The summed E-state index contributed by atoms with van der Waals surface area (Å²) in [5.41, 5.74) is 11.3. The van der Waals surface area contributed by atoms with E-state index in [0.29, 0.717) is 13.0 Å². The third-order valence-corrected chi connectivity index (χ3v) is 22.5. The van der Waals surface area contributed by atoms with E-state index < -0.39 is 112 Å². The Morgan fingerprint density at radius 2 is 1.01 bits per heavy atom. The summed E-state index contributed by atoms with van der Waals surface area (Å²) in [4.78, 5) is 48.6. The van der Waals surface area contributed by atoms with Crippen molar-refractivity contribution in [1.29, 1.82) is 0 Å². The second-order valence-electron chi connectivity index (χ2n) is 25.8. The Morgan fingerprint density at radius 1 is 0.556 bits per heavy atom. The summed E-state index contributed by atoms with van der Waals surface area (Å²) in [6.07, 6.45) is -9.77. The summed E-state index contributed by atoms with van der Waals surface area (Å²) in [6.45, 7) is 28.7. The van der Waals surface area contributed by atoms with Gasteiger partial charge in [0.15, 0.2) is 25.2 Å². The van der Waals surface area contributed by atoms with Gasteiger partial charge in [-0.1, -0.05) is 189 Å². The molecule has 8 unspecified atom stereocenters. The summed E-state index contributed by atoms with van der Waals surface area (Å²) in [5.74, 6) is -1.55. The molecule has 4 aromatic carbocycles. The van der Waals surface area contributed by atoms with Crippen LogP contribution in [0.4, 0.5) is 0 Å². The molecule has 0 radical (unpaired) electrons. The van der Waals surface area contributed by atoms with Crippen molar-refractivity contribution in [3.63, 3.8) is 0 Å². The van der Waals surface area contributed by atoms with Crippen LogP contribution in [0.3, 0.4) is 0 Å². The maximum Gasteiger partial charge on any atom is 0.373 e. The second-order valence-corrected chi connectivity index (χ2v) is 30.1. The van der Waals surface area contributed by atoms with E-state index in [1.165, 1.54) is 0 Å².